The molecule has 8 nitrogen and oxygen atoms in total. The molecule has 2 aromatic carbocycles. The van der Waals surface area contributed by atoms with E-state index in [1.165, 1.54) is 5.56 Å². The first-order valence-electron chi connectivity index (χ1n) is 12.2. The van der Waals surface area contributed by atoms with Gasteiger partial charge in [-0.1, -0.05) is 54.6 Å². The van der Waals surface area contributed by atoms with E-state index in [4.69, 9.17) is 9.47 Å². The number of benzene rings is 2. The maximum atomic E-state index is 13.4. The largest absolute Gasteiger partial charge is 0.494 e. The third-order valence-corrected chi connectivity index (χ3v) is 6.76. The molecule has 1 unspecified atom stereocenters. The van der Waals surface area contributed by atoms with E-state index in [1.54, 1.807) is 31.6 Å². The normalized spacial score (nSPS) is 17.4. The van der Waals surface area contributed by atoms with E-state index in [9.17, 15) is 4.79 Å². The molecule has 0 spiro atoms. The van der Waals surface area contributed by atoms with Crippen LogP contribution in [0.25, 0.3) is 16.8 Å². The van der Waals surface area contributed by atoms with Gasteiger partial charge < -0.3 is 19.8 Å². The summed E-state index contributed by atoms with van der Waals surface area (Å²) in [6.45, 7) is 0.766. The highest BCUT2D eigenvalue weighted by Gasteiger charge is 2.31. The van der Waals surface area contributed by atoms with E-state index in [-0.39, 0.29) is 12.1 Å². The van der Waals surface area contributed by atoms with Crippen LogP contribution in [0.5, 0.6) is 11.5 Å². The number of rotatable bonds is 6. The molecular formula is C28H31N5O3. The number of hydrazine groups is 2. The zero-order valence-corrected chi connectivity index (χ0v) is 20.6. The average molecular weight is 486 g/mol. The zero-order valence-electron chi connectivity index (χ0n) is 20.6. The molecule has 1 aromatic heterocycles. The number of carbonyl (C=O) groups is 1. The van der Waals surface area contributed by atoms with Gasteiger partial charge in [0.05, 0.1) is 44.1 Å². The summed E-state index contributed by atoms with van der Waals surface area (Å²) < 4.78 is 11.0. The van der Waals surface area contributed by atoms with Crippen LogP contribution in [0.4, 0.5) is 4.79 Å². The monoisotopic (exact) mass is 485 g/mol. The maximum absolute atomic E-state index is 13.4. The Morgan fingerprint density at radius 1 is 0.972 bits per heavy atom. The van der Waals surface area contributed by atoms with Gasteiger partial charge in [-0.25, -0.2) is 9.80 Å². The predicted octanol–water partition coefficient (Wildman–Crippen LogP) is 4.61. The molecule has 0 saturated carbocycles. The number of nitrogens with zero attached hydrogens (tertiary/aromatic N) is 3. The van der Waals surface area contributed by atoms with Crippen LogP contribution in [0.1, 0.15) is 30.4 Å². The van der Waals surface area contributed by atoms with Crippen LogP contribution in [0.3, 0.4) is 0 Å². The SMILES string of the molecule is COc1cncc(OC)c1-c1ccc(C2=CN(C(=O)N3CCCCC3Cc3ccccc3)NN2)cc1. The smallest absolute Gasteiger partial charge is 0.340 e. The number of aromatic nitrogens is 1. The molecule has 0 bridgehead atoms. The Morgan fingerprint density at radius 3 is 2.36 bits per heavy atom. The van der Waals surface area contributed by atoms with E-state index < -0.39 is 0 Å². The Labute approximate surface area is 211 Å². The van der Waals surface area contributed by atoms with Gasteiger partial charge in [-0.15, -0.1) is 5.53 Å². The number of hydrogen-bond acceptors (Lipinski definition) is 6. The molecule has 3 aromatic rings. The van der Waals surface area contributed by atoms with E-state index in [2.05, 4.69) is 40.2 Å². The standard InChI is InChI=1S/C28H31N5O3/c1-35-25-17-29-18-26(36-2)27(25)22-13-11-21(12-14-22)24-19-33(31-30-24)28(34)32-15-7-6-10-23(32)16-20-8-4-3-5-9-20/h3-5,8-9,11-14,17-19,23,30-31H,6-7,10,15-16H2,1-2H3. The Hall–Kier alpha value is -4.04. The highest BCUT2D eigenvalue weighted by Crippen LogP contribution is 2.37. The first kappa shape index (κ1) is 23.7. The number of hydrogen-bond donors (Lipinski definition) is 2. The third kappa shape index (κ3) is 4.85. The first-order valence-corrected chi connectivity index (χ1v) is 12.2. The minimum absolute atomic E-state index is 0.0407. The van der Waals surface area contributed by atoms with Crippen LogP contribution >= 0.6 is 0 Å². The molecule has 2 aliphatic rings. The van der Waals surface area contributed by atoms with Crippen molar-refractivity contribution in [2.45, 2.75) is 31.7 Å². The fourth-order valence-electron chi connectivity index (χ4n) is 4.89. The van der Waals surface area contributed by atoms with Gasteiger partial charge in [0.2, 0.25) is 0 Å². The minimum Gasteiger partial charge on any atom is -0.494 e. The predicted molar refractivity (Wildman–Crippen MR) is 139 cm³/mol. The molecule has 2 aliphatic heterocycles. The molecule has 3 heterocycles. The fraction of sp³-hybridized carbons (Fsp3) is 0.286. The second-order valence-corrected chi connectivity index (χ2v) is 8.96. The van der Waals surface area contributed by atoms with Crippen LogP contribution in [0.15, 0.2) is 73.2 Å². The van der Waals surface area contributed by atoms with E-state index in [0.29, 0.717) is 11.5 Å². The van der Waals surface area contributed by atoms with E-state index >= 15 is 0 Å². The van der Waals surface area contributed by atoms with Gasteiger partial charge in [0, 0.05) is 18.2 Å². The summed E-state index contributed by atoms with van der Waals surface area (Å²) in [6.07, 6.45) is 9.22. The molecule has 8 heteroatoms. The molecule has 1 fully saturated rings. The van der Waals surface area contributed by atoms with Crippen molar-refractivity contribution in [3.8, 4) is 22.6 Å². The molecule has 1 atom stereocenters. The summed E-state index contributed by atoms with van der Waals surface area (Å²) in [5.74, 6) is 1.29. The molecule has 0 radical (unpaired) electrons. The van der Waals surface area contributed by atoms with Crippen LogP contribution in [0, 0.1) is 0 Å². The Kier molecular flexibility index (Phi) is 7.04. The number of pyridine rings is 1. The molecule has 1 saturated heterocycles. The Morgan fingerprint density at radius 2 is 1.67 bits per heavy atom. The van der Waals surface area contributed by atoms with Crippen LogP contribution in [-0.2, 0) is 6.42 Å². The van der Waals surface area contributed by atoms with Gasteiger partial charge in [-0.05, 0) is 36.8 Å². The van der Waals surface area contributed by atoms with Crippen molar-refractivity contribution in [2.24, 2.45) is 0 Å². The molecular weight excluding hydrogens is 454 g/mol. The number of methoxy groups -OCH3 is 2. The lowest BCUT2D eigenvalue weighted by atomic mass is 9.96. The second kappa shape index (κ2) is 10.7. The summed E-state index contributed by atoms with van der Waals surface area (Å²) in [4.78, 5) is 19.6. The van der Waals surface area contributed by atoms with Crippen molar-refractivity contribution < 1.29 is 14.3 Å². The number of carbonyl (C=O) groups excluding carboxylic acids is 1. The first-order chi connectivity index (χ1) is 17.7. The zero-order chi connectivity index (χ0) is 24.9. The lowest BCUT2D eigenvalue weighted by molar-refractivity contribution is 0.115. The van der Waals surface area contributed by atoms with Crippen LogP contribution < -0.4 is 20.4 Å². The van der Waals surface area contributed by atoms with Gasteiger partial charge in [0.15, 0.2) is 0 Å². The van der Waals surface area contributed by atoms with Gasteiger partial charge in [-0.3, -0.25) is 4.98 Å². The summed E-state index contributed by atoms with van der Waals surface area (Å²) in [7, 11) is 3.23. The fourth-order valence-corrected chi connectivity index (χ4v) is 4.89. The summed E-state index contributed by atoms with van der Waals surface area (Å²) in [5, 5.41) is 1.54. The van der Waals surface area contributed by atoms with E-state index in [1.807, 2.05) is 41.4 Å². The summed E-state index contributed by atoms with van der Waals surface area (Å²) >= 11 is 0. The topological polar surface area (TPSA) is 79.0 Å². The Bertz CT molecular complexity index is 1210. The summed E-state index contributed by atoms with van der Waals surface area (Å²) in [6, 6.07) is 18.6. The number of urea groups is 1. The molecule has 36 heavy (non-hydrogen) atoms. The lowest BCUT2D eigenvalue weighted by Crippen LogP contribution is -2.53. The number of piperidine rings is 1. The van der Waals surface area contributed by atoms with Crippen molar-refractivity contribution >= 4 is 11.7 Å². The van der Waals surface area contributed by atoms with Gasteiger partial charge in [-0.2, -0.15) is 0 Å². The highest BCUT2D eigenvalue weighted by molar-refractivity contribution is 5.81. The number of amides is 2. The number of likely N-dealkylation sites (tertiary alicyclic amines) is 1. The molecule has 2 amide bonds. The Balaban J connectivity index is 1.32. The number of ether oxygens (including phenoxy) is 2. The van der Waals surface area contributed by atoms with Gasteiger partial charge >= 0.3 is 6.03 Å². The van der Waals surface area contributed by atoms with Crippen LogP contribution in [-0.4, -0.2) is 47.7 Å². The van der Waals surface area contributed by atoms with Crippen LogP contribution in [0.2, 0.25) is 0 Å². The van der Waals surface area contributed by atoms with E-state index in [0.717, 1.165) is 54.6 Å². The maximum Gasteiger partial charge on any atom is 0.340 e. The second-order valence-electron chi connectivity index (χ2n) is 8.96. The van der Waals surface area contributed by atoms with Crippen molar-refractivity contribution in [1.82, 2.24) is 25.9 Å². The quantitative estimate of drug-likeness (QED) is 0.531. The van der Waals surface area contributed by atoms with Gasteiger partial charge in [0.25, 0.3) is 0 Å². The minimum atomic E-state index is -0.0407. The average Bonchev–Trinajstić information content (AvgIpc) is 3.43. The highest BCUT2D eigenvalue weighted by atomic mass is 16.5. The lowest BCUT2D eigenvalue weighted by Gasteiger charge is -2.37. The van der Waals surface area contributed by atoms with Crippen molar-refractivity contribution in [1.29, 1.82) is 0 Å². The summed E-state index contributed by atoms with van der Waals surface area (Å²) in [5.41, 5.74) is 11.0. The molecule has 2 N–H and O–H groups in total. The molecule has 186 valence electrons. The van der Waals surface area contributed by atoms with Crippen molar-refractivity contribution in [2.75, 3.05) is 20.8 Å². The third-order valence-electron chi connectivity index (χ3n) is 6.76. The van der Waals surface area contributed by atoms with Gasteiger partial charge in [0.1, 0.15) is 11.5 Å². The molecule has 0 aliphatic carbocycles. The van der Waals surface area contributed by atoms with Crippen molar-refractivity contribution in [3.05, 3.63) is 84.3 Å². The molecule has 5 rings (SSSR count). The number of nitrogens with one attached hydrogen (secondary N) is 2. The van der Waals surface area contributed by atoms with Crippen molar-refractivity contribution in [3.63, 3.8) is 0 Å².